The average Bonchev–Trinajstić information content (AvgIpc) is 2.60. The Kier molecular flexibility index (Phi) is 4.67. The lowest BCUT2D eigenvalue weighted by Crippen LogP contribution is -2.26. The number of carbonyl (C=O) groups excluding carboxylic acids is 1. The van der Waals surface area contributed by atoms with Crippen molar-refractivity contribution in [1.82, 2.24) is 5.32 Å². The fourth-order valence-electron chi connectivity index (χ4n) is 2.64. The topological polar surface area (TPSA) is 72.2 Å². The maximum atomic E-state index is 12.4. The molecular formula is C19H15ClN2O3. The van der Waals surface area contributed by atoms with Crippen molar-refractivity contribution >= 4 is 34.0 Å². The first kappa shape index (κ1) is 16.9. The summed E-state index contributed by atoms with van der Waals surface area (Å²) in [5, 5.41) is 15.9. The van der Waals surface area contributed by atoms with E-state index in [0.717, 1.165) is 16.3 Å². The van der Waals surface area contributed by atoms with Crippen LogP contribution in [-0.2, 0) is 0 Å². The number of carbonyl (C=O) groups is 1. The highest BCUT2D eigenvalue weighted by atomic mass is 35.5. The van der Waals surface area contributed by atoms with Gasteiger partial charge < -0.3 is 5.32 Å². The van der Waals surface area contributed by atoms with Gasteiger partial charge in [0.1, 0.15) is 0 Å². The number of benzene rings is 3. The van der Waals surface area contributed by atoms with Gasteiger partial charge in [-0.25, -0.2) is 0 Å². The van der Waals surface area contributed by atoms with E-state index in [-0.39, 0.29) is 28.2 Å². The minimum atomic E-state index is -0.550. The van der Waals surface area contributed by atoms with E-state index in [1.807, 2.05) is 49.4 Å². The number of nitro groups is 1. The second-order valence-electron chi connectivity index (χ2n) is 5.72. The molecule has 1 atom stereocenters. The predicted molar refractivity (Wildman–Crippen MR) is 97.9 cm³/mol. The van der Waals surface area contributed by atoms with Crippen LogP contribution < -0.4 is 5.32 Å². The molecule has 3 aromatic carbocycles. The molecule has 0 heterocycles. The lowest BCUT2D eigenvalue weighted by atomic mass is 10.0. The van der Waals surface area contributed by atoms with E-state index >= 15 is 0 Å². The summed E-state index contributed by atoms with van der Waals surface area (Å²) < 4.78 is 0. The fraction of sp³-hybridized carbons (Fsp3) is 0.105. The Bertz CT molecular complexity index is 972. The highest BCUT2D eigenvalue weighted by molar-refractivity contribution is 6.34. The van der Waals surface area contributed by atoms with Crippen LogP contribution >= 0.6 is 11.6 Å². The van der Waals surface area contributed by atoms with Crippen molar-refractivity contribution < 1.29 is 9.72 Å². The number of non-ortho nitro benzene ring substituents is 1. The standard InChI is InChI=1S/C19H15ClN2O3/c1-12(14-7-6-13-4-2-3-5-15(13)10-14)21-19(23)17-9-8-16(22(24)25)11-18(17)20/h2-12H,1H3,(H,21,23). The molecule has 3 rings (SSSR count). The number of halogens is 1. The molecule has 1 unspecified atom stereocenters. The molecule has 25 heavy (non-hydrogen) atoms. The molecule has 0 aliphatic heterocycles. The zero-order chi connectivity index (χ0) is 18.0. The molecule has 126 valence electrons. The van der Waals surface area contributed by atoms with Gasteiger partial charge in [-0.05, 0) is 35.4 Å². The van der Waals surface area contributed by atoms with Gasteiger partial charge in [-0.15, -0.1) is 0 Å². The molecule has 0 fully saturated rings. The third kappa shape index (κ3) is 3.61. The first-order valence-electron chi connectivity index (χ1n) is 7.69. The SMILES string of the molecule is CC(NC(=O)c1ccc([N+](=O)[O-])cc1Cl)c1ccc2ccccc2c1. The third-order valence-electron chi connectivity index (χ3n) is 4.03. The van der Waals surface area contributed by atoms with Crippen LogP contribution in [0.15, 0.2) is 60.7 Å². The molecular weight excluding hydrogens is 340 g/mol. The number of nitrogens with zero attached hydrogens (tertiary/aromatic N) is 1. The number of fused-ring (bicyclic) bond motifs is 1. The van der Waals surface area contributed by atoms with Crippen molar-refractivity contribution in [2.75, 3.05) is 0 Å². The number of nitrogens with one attached hydrogen (secondary N) is 1. The van der Waals surface area contributed by atoms with Gasteiger partial charge >= 0.3 is 0 Å². The van der Waals surface area contributed by atoms with E-state index in [1.54, 1.807) is 0 Å². The summed E-state index contributed by atoms with van der Waals surface area (Å²) in [5.41, 5.74) is 1.02. The van der Waals surface area contributed by atoms with Crippen molar-refractivity contribution in [1.29, 1.82) is 0 Å². The molecule has 0 saturated heterocycles. The monoisotopic (exact) mass is 354 g/mol. The van der Waals surface area contributed by atoms with Crippen LogP contribution in [0.25, 0.3) is 10.8 Å². The summed E-state index contributed by atoms with van der Waals surface area (Å²) in [6.45, 7) is 1.88. The molecule has 0 bridgehead atoms. The largest absolute Gasteiger partial charge is 0.345 e. The van der Waals surface area contributed by atoms with Crippen LogP contribution in [0, 0.1) is 10.1 Å². The van der Waals surface area contributed by atoms with Crippen molar-refractivity contribution in [2.45, 2.75) is 13.0 Å². The van der Waals surface area contributed by atoms with E-state index in [1.165, 1.54) is 18.2 Å². The van der Waals surface area contributed by atoms with E-state index < -0.39 is 4.92 Å². The van der Waals surface area contributed by atoms with Crippen LogP contribution in [0.2, 0.25) is 5.02 Å². The average molecular weight is 355 g/mol. The molecule has 0 aliphatic rings. The van der Waals surface area contributed by atoms with Crippen LogP contribution in [0.3, 0.4) is 0 Å². The summed E-state index contributed by atoms with van der Waals surface area (Å²) in [5.74, 6) is -0.374. The Hall–Kier alpha value is -2.92. The number of nitro benzene ring substituents is 1. The summed E-state index contributed by atoms with van der Waals surface area (Å²) in [4.78, 5) is 22.6. The van der Waals surface area contributed by atoms with Gasteiger partial charge in [0, 0.05) is 12.1 Å². The number of amides is 1. The van der Waals surface area contributed by atoms with Crippen LogP contribution in [0.5, 0.6) is 0 Å². The zero-order valence-electron chi connectivity index (χ0n) is 13.4. The quantitative estimate of drug-likeness (QED) is 0.535. The summed E-state index contributed by atoms with van der Waals surface area (Å²) in [6, 6.07) is 17.6. The molecule has 0 radical (unpaired) electrons. The number of hydrogen-bond acceptors (Lipinski definition) is 3. The van der Waals surface area contributed by atoms with Crippen molar-refractivity contribution in [3.05, 3.63) is 86.9 Å². The Morgan fingerprint density at radius 3 is 2.48 bits per heavy atom. The normalized spacial score (nSPS) is 11.9. The molecule has 0 saturated carbocycles. The second-order valence-corrected chi connectivity index (χ2v) is 6.13. The van der Waals surface area contributed by atoms with Crippen molar-refractivity contribution in [2.24, 2.45) is 0 Å². The van der Waals surface area contributed by atoms with Crippen LogP contribution in [0.1, 0.15) is 28.9 Å². The summed E-state index contributed by atoms with van der Waals surface area (Å²) >= 11 is 6.01. The maximum Gasteiger partial charge on any atom is 0.270 e. The molecule has 0 aliphatic carbocycles. The van der Waals surface area contributed by atoms with E-state index in [4.69, 9.17) is 11.6 Å². The van der Waals surface area contributed by atoms with Gasteiger partial charge in [0.2, 0.25) is 0 Å². The van der Waals surface area contributed by atoms with Crippen LogP contribution in [-0.4, -0.2) is 10.8 Å². The molecule has 3 aromatic rings. The molecule has 0 spiro atoms. The fourth-order valence-corrected chi connectivity index (χ4v) is 2.90. The molecule has 5 nitrogen and oxygen atoms in total. The Balaban J connectivity index is 1.80. The van der Waals surface area contributed by atoms with Crippen molar-refractivity contribution in [3.8, 4) is 0 Å². The lowest BCUT2D eigenvalue weighted by Gasteiger charge is -2.15. The number of rotatable bonds is 4. The highest BCUT2D eigenvalue weighted by Crippen LogP contribution is 2.24. The Labute approximate surface area is 149 Å². The minimum absolute atomic E-state index is 0.0532. The van der Waals surface area contributed by atoms with Crippen molar-refractivity contribution in [3.63, 3.8) is 0 Å². The highest BCUT2D eigenvalue weighted by Gasteiger charge is 2.17. The lowest BCUT2D eigenvalue weighted by molar-refractivity contribution is -0.384. The molecule has 0 aromatic heterocycles. The van der Waals surface area contributed by atoms with Gasteiger partial charge in [-0.2, -0.15) is 0 Å². The maximum absolute atomic E-state index is 12.4. The Morgan fingerprint density at radius 1 is 1.08 bits per heavy atom. The Morgan fingerprint density at radius 2 is 1.80 bits per heavy atom. The van der Waals surface area contributed by atoms with Gasteiger partial charge in [0.15, 0.2) is 0 Å². The van der Waals surface area contributed by atoms with Crippen LogP contribution in [0.4, 0.5) is 5.69 Å². The number of hydrogen-bond donors (Lipinski definition) is 1. The van der Waals surface area contributed by atoms with Gasteiger partial charge in [0.05, 0.1) is 21.6 Å². The predicted octanol–water partition coefficient (Wildman–Crippen LogP) is 4.89. The molecule has 1 N–H and O–H groups in total. The minimum Gasteiger partial charge on any atom is -0.345 e. The van der Waals surface area contributed by atoms with E-state index in [0.29, 0.717) is 0 Å². The van der Waals surface area contributed by atoms with E-state index in [9.17, 15) is 14.9 Å². The third-order valence-corrected chi connectivity index (χ3v) is 4.34. The smallest absolute Gasteiger partial charge is 0.270 e. The van der Waals surface area contributed by atoms with Gasteiger partial charge in [-0.3, -0.25) is 14.9 Å². The van der Waals surface area contributed by atoms with E-state index in [2.05, 4.69) is 5.32 Å². The second kappa shape index (κ2) is 6.91. The molecule has 6 heteroatoms. The summed E-state index contributed by atoms with van der Waals surface area (Å²) in [7, 11) is 0. The molecule has 1 amide bonds. The first-order valence-corrected chi connectivity index (χ1v) is 8.07. The summed E-state index contributed by atoms with van der Waals surface area (Å²) in [6.07, 6.45) is 0. The first-order chi connectivity index (χ1) is 12.0. The van der Waals surface area contributed by atoms with Gasteiger partial charge in [0.25, 0.3) is 11.6 Å². The van der Waals surface area contributed by atoms with Gasteiger partial charge in [-0.1, -0.05) is 48.0 Å². The zero-order valence-corrected chi connectivity index (χ0v) is 14.2.